The Labute approximate surface area is 141 Å². The summed E-state index contributed by atoms with van der Waals surface area (Å²) in [6.07, 6.45) is -10.4. The van der Waals surface area contributed by atoms with E-state index in [1.54, 1.807) is 13.8 Å². The van der Waals surface area contributed by atoms with Crippen LogP contribution in [0.25, 0.3) is 0 Å². The molecule has 2 rings (SSSR count). The molecule has 2 atom stereocenters. The second kappa shape index (κ2) is 7.07. The summed E-state index contributed by atoms with van der Waals surface area (Å²) >= 11 is 0. The maximum atomic E-state index is 12.8. The highest BCUT2D eigenvalue weighted by Gasteiger charge is 2.32. The van der Waals surface area contributed by atoms with Crippen molar-refractivity contribution in [1.29, 1.82) is 0 Å². The van der Waals surface area contributed by atoms with E-state index in [2.05, 4.69) is 0 Å². The normalized spacial score (nSPS) is 15.0. The number of hydrogen-bond donors (Lipinski definition) is 0. The number of ether oxygens (including phenoxy) is 1. The molecule has 0 saturated heterocycles. The van der Waals surface area contributed by atoms with E-state index < -0.39 is 35.7 Å². The van der Waals surface area contributed by atoms with Crippen molar-refractivity contribution < 1.29 is 31.1 Å². The molecule has 0 bridgehead atoms. The molecule has 0 saturated carbocycles. The minimum atomic E-state index is -4.47. The minimum Gasteiger partial charge on any atom is -0.366 e. The van der Waals surface area contributed by atoms with Crippen LogP contribution in [0.15, 0.2) is 48.5 Å². The molecule has 25 heavy (non-hydrogen) atoms. The third-order valence-corrected chi connectivity index (χ3v) is 3.77. The predicted octanol–water partition coefficient (Wildman–Crippen LogP) is 6.56. The van der Waals surface area contributed by atoms with Gasteiger partial charge in [0.2, 0.25) is 0 Å². The number of alkyl halides is 6. The van der Waals surface area contributed by atoms with Crippen molar-refractivity contribution in [1.82, 2.24) is 0 Å². The lowest BCUT2D eigenvalue weighted by Crippen LogP contribution is -2.10. The van der Waals surface area contributed by atoms with E-state index in [1.165, 1.54) is 24.3 Å². The Morgan fingerprint density at radius 2 is 1.04 bits per heavy atom. The van der Waals surface area contributed by atoms with Gasteiger partial charge in [-0.1, -0.05) is 24.3 Å². The van der Waals surface area contributed by atoms with Gasteiger partial charge >= 0.3 is 12.4 Å². The van der Waals surface area contributed by atoms with Crippen molar-refractivity contribution in [3.05, 3.63) is 70.8 Å². The van der Waals surface area contributed by atoms with Crippen LogP contribution in [0.4, 0.5) is 26.3 Å². The van der Waals surface area contributed by atoms with Gasteiger partial charge in [-0.25, -0.2) is 0 Å². The van der Waals surface area contributed by atoms with Gasteiger partial charge < -0.3 is 4.74 Å². The van der Waals surface area contributed by atoms with Gasteiger partial charge in [0.05, 0.1) is 23.3 Å². The summed E-state index contributed by atoms with van der Waals surface area (Å²) in [5.41, 5.74) is -0.998. The van der Waals surface area contributed by atoms with Crippen LogP contribution in [0.1, 0.15) is 48.3 Å². The molecule has 0 aliphatic rings. The van der Waals surface area contributed by atoms with E-state index in [-0.39, 0.29) is 0 Å². The maximum absolute atomic E-state index is 12.8. The number of halogens is 6. The van der Waals surface area contributed by atoms with Crippen LogP contribution in [0.2, 0.25) is 0 Å². The minimum absolute atomic E-state index is 0.300. The Morgan fingerprint density at radius 1 is 0.680 bits per heavy atom. The fourth-order valence-electron chi connectivity index (χ4n) is 2.40. The molecular formula is C18H16F6O. The molecule has 0 N–H and O–H groups in total. The Hall–Kier alpha value is -2.02. The highest BCUT2D eigenvalue weighted by Crippen LogP contribution is 2.34. The van der Waals surface area contributed by atoms with Crippen molar-refractivity contribution in [2.75, 3.05) is 0 Å². The van der Waals surface area contributed by atoms with E-state index in [0.29, 0.717) is 11.1 Å². The van der Waals surface area contributed by atoms with Crippen LogP contribution in [0, 0.1) is 0 Å². The van der Waals surface area contributed by atoms with Crippen LogP contribution in [0.3, 0.4) is 0 Å². The molecule has 0 fully saturated rings. The number of benzene rings is 2. The summed E-state index contributed by atoms with van der Waals surface area (Å²) in [7, 11) is 0. The molecule has 0 aromatic heterocycles. The number of hydrogen-bond acceptors (Lipinski definition) is 1. The zero-order valence-electron chi connectivity index (χ0n) is 13.4. The summed E-state index contributed by atoms with van der Waals surface area (Å²) in [5, 5.41) is 0. The van der Waals surface area contributed by atoms with Crippen LogP contribution in [-0.2, 0) is 17.1 Å². The quantitative estimate of drug-likeness (QED) is 0.560. The topological polar surface area (TPSA) is 9.23 Å². The van der Waals surface area contributed by atoms with Crippen molar-refractivity contribution in [3.8, 4) is 0 Å². The first kappa shape index (κ1) is 19.3. The first-order valence-electron chi connectivity index (χ1n) is 7.48. The SMILES string of the molecule is CC(OC(C)c1cccc(C(F)(F)F)c1)c1cccc(C(F)(F)F)c1. The largest absolute Gasteiger partial charge is 0.416 e. The standard InChI is InChI=1S/C18H16F6O/c1-11(13-5-3-7-15(9-13)17(19,20)21)25-12(2)14-6-4-8-16(10-14)18(22,23)24/h3-12H,1-2H3. The van der Waals surface area contributed by atoms with E-state index >= 15 is 0 Å². The van der Waals surface area contributed by atoms with Crippen molar-refractivity contribution in [2.24, 2.45) is 0 Å². The fraction of sp³-hybridized carbons (Fsp3) is 0.333. The zero-order chi connectivity index (χ0) is 18.8. The lowest BCUT2D eigenvalue weighted by Gasteiger charge is -2.21. The van der Waals surface area contributed by atoms with Gasteiger partial charge in [-0.2, -0.15) is 26.3 Å². The van der Waals surface area contributed by atoms with E-state index in [1.807, 2.05) is 0 Å². The highest BCUT2D eigenvalue weighted by atomic mass is 19.4. The lowest BCUT2D eigenvalue weighted by molar-refractivity contribution is -0.138. The van der Waals surface area contributed by atoms with E-state index in [9.17, 15) is 26.3 Å². The van der Waals surface area contributed by atoms with E-state index in [0.717, 1.165) is 24.3 Å². The molecule has 0 aliphatic heterocycles. The molecule has 0 heterocycles. The first-order chi connectivity index (χ1) is 11.5. The van der Waals surface area contributed by atoms with Gasteiger partial charge in [0, 0.05) is 0 Å². The third-order valence-electron chi connectivity index (χ3n) is 3.77. The Morgan fingerprint density at radius 3 is 1.36 bits per heavy atom. The van der Waals surface area contributed by atoms with Gasteiger partial charge in [0.25, 0.3) is 0 Å². The van der Waals surface area contributed by atoms with Crippen molar-refractivity contribution in [2.45, 2.75) is 38.4 Å². The molecule has 0 spiro atoms. The second-order valence-electron chi connectivity index (χ2n) is 5.67. The molecule has 7 heteroatoms. The fourth-order valence-corrected chi connectivity index (χ4v) is 2.40. The average molecular weight is 362 g/mol. The maximum Gasteiger partial charge on any atom is 0.416 e. The van der Waals surface area contributed by atoms with Gasteiger partial charge in [-0.15, -0.1) is 0 Å². The third kappa shape index (κ3) is 4.98. The first-order valence-corrected chi connectivity index (χ1v) is 7.48. The van der Waals surface area contributed by atoms with Crippen LogP contribution in [0.5, 0.6) is 0 Å². The molecule has 0 amide bonds. The van der Waals surface area contributed by atoms with E-state index in [4.69, 9.17) is 4.74 Å². The smallest absolute Gasteiger partial charge is 0.366 e. The number of rotatable bonds is 4. The molecule has 2 aromatic rings. The van der Waals surface area contributed by atoms with Crippen molar-refractivity contribution in [3.63, 3.8) is 0 Å². The highest BCUT2D eigenvalue weighted by molar-refractivity contribution is 5.29. The lowest BCUT2D eigenvalue weighted by atomic mass is 10.0. The zero-order valence-corrected chi connectivity index (χ0v) is 13.4. The molecule has 1 nitrogen and oxygen atoms in total. The summed E-state index contributed by atoms with van der Waals surface area (Å²) in [6, 6.07) is 9.36. The van der Waals surface area contributed by atoms with Crippen molar-refractivity contribution >= 4 is 0 Å². The van der Waals surface area contributed by atoms with Gasteiger partial charge in [-0.05, 0) is 49.2 Å². The molecule has 2 unspecified atom stereocenters. The summed E-state index contributed by atoms with van der Waals surface area (Å²) in [5.74, 6) is 0. The Bertz CT molecular complexity index is 658. The Kier molecular flexibility index (Phi) is 5.46. The molecule has 0 radical (unpaired) electrons. The van der Waals surface area contributed by atoms with Gasteiger partial charge in [0.15, 0.2) is 0 Å². The monoisotopic (exact) mass is 362 g/mol. The van der Waals surface area contributed by atoms with Crippen LogP contribution >= 0.6 is 0 Å². The summed E-state index contributed by atoms with van der Waals surface area (Å²) < 4.78 is 82.2. The molecule has 136 valence electrons. The van der Waals surface area contributed by atoms with Gasteiger partial charge in [0.1, 0.15) is 0 Å². The Balaban J connectivity index is 2.17. The van der Waals surface area contributed by atoms with Crippen LogP contribution in [-0.4, -0.2) is 0 Å². The van der Waals surface area contributed by atoms with Crippen LogP contribution < -0.4 is 0 Å². The molecule has 0 aliphatic carbocycles. The average Bonchev–Trinajstić information content (AvgIpc) is 2.53. The molecular weight excluding hydrogens is 346 g/mol. The molecule has 2 aromatic carbocycles. The van der Waals surface area contributed by atoms with Gasteiger partial charge in [-0.3, -0.25) is 0 Å². The predicted molar refractivity (Wildman–Crippen MR) is 80.8 cm³/mol. The summed E-state index contributed by atoms with van der Waals surface area (Å²) in [4.78, 5) is 0. The second-order valence-corrected chi connectivity index (χ2v) is 5.67. The summed E-state index contributed by atoms with van der Waals surface area (Å²) in [6.45, 7) is 3.11.